The first-order valence-corrected chi connectivity index (χ1v) is 6.99. The van der Waals surface area contributed by atoms with Crippen LogP contribution in [0.5, 0.6) is 0 Å². The Bertz CT molecular complexity index is 553. The maximum Gasteiger partial charge on any atom is 0.227 e. The van der Waals surface area contributed by atoms with Crippen molar-refractivity contribution in [3.63, 3.8) is 0 Å². The molecule has 20 heavy (non-hydrogen) atoms. The van der Waals surface area contributed by atoms with Crippen LogP contribution in [0.1, 0.15) is 18.7 Å². The summed E-state index contributed by atoms with van der Waals surface area (Å²) in [4.78, 5) is 4.45. The zero-order valence-corrected chi connectivity index (χ0v) is 12.6. The molecule has 1 aliphatic heterocycles. The van der Waals surface area contributed by atoms with E-state index in [2.05, 4.69) is 15.5 Å². The monoisotopic (exact) mass is 313 g/mol. The van der Waals surface area contributed by atoms with Gasteiger partial charge in [0.25, 0.3) is 0 Å². The van der Waals surface area contributed by atoms with Crippen molar-refractivity contribution in [3.05, 3.63) is 35.2 Å². The first-order valence-electron chi connectivity index (χ1n) is 6.61. The maximum atomic E-state index is 6.13. The molecule has 0 atom stereocenters. The molecule has 3 rings (SSSR count). The Morgan fingerprint density at radius 3 is 2.75 bits per heavy atom. The molecule has 6 heteroatoms. The summed E-state index contributed by atoms with van der Waals surface area (Å²) in [5, 5.41) is 8.03. The molecule has 1 N–H and O–H groups in total. The molecule has 0 saturated carbocycles. The Kier molecular flexibility index (Phi) is 5.40. The lowest BCUT2D eigenvalue weighted by molar-refractivity contribution is 0.313. The Hall–Kier alpha value is -1.10. The average Bonchev–Trinajstić information content (AvgIpc) is 2.89. The number of rotatable bonds is 3. The van der Waals surface area contributed by atoms with Gasteiger partial charge in [-0.2, -0.15) is 4.98 Å². The molecule has 1 aromatic carbocycles. The fourth-order valence-corrected chi connectivity index (χ4v) is 2.64. The molecule has 4 nitrogen and oxygen atoms in total. The summed E-state index contributed by atoms with van der Waals surface area (Å²) >= 11 is 6.13. The van der Waals surface area contributed by atoms with Crippen LogP contribution in [-0.4, -0.2) is 23.2 Å². The van der Waals surface area contributed by atoms with Gasteiger partial charge in [-0.1, -0.05) is 28.9 Å². The first kappa shape index (κ1) is 15.3. The Balaban J connectivity index is 0.00000147. The summed E-state index contributed by atoms with van der Waals surface area (Å²) in [5.74, 6) is 1.93. The predicted molar refractivity (Wildman–Crippen MR) is 81.3 cm³/mol. The van der Waals surface area contributed by atoms with Gasteiger partial charge in [-0.15, -0.1) is 12.4 Å². The maximum absolute atomic E-state index is 6.13. The van der Waals surface area contributed by atoms with Crippen molar-refractivity contribution >= 4 is 24.0 Å². The molecule has 1 aliphatic rings. The minimum absolute atomic E-state index is 0. The smallest absolute Gasteiger partial charge is 0.227 e. The van der Waals surface area contributed by atoms with Gasteiger partial charge in [0.15, 0.2) is 0 Å². The number of hydrogen-bond acceptors (Lipinski definition) is 4. The zero-order chi connectivity index (χ0) is 13.1. The lowest BCUT2D eigenvalue weighted by atomic mass is 9.95. The van der Waals surface area contributed by atoms with E-state index in [0.717, 1.165) is 25.1 Å². The molecule has 108 valence electrons. The van der Waals surface area contributed by atoms with Gasteiger partial charge in [-0.05, 0) is 44.0 Å². The summed E-state index contributed by atoms with van der Waals surface area (Å²) in [6.45, 7) is 2.16. The van der Waals surface area contributed by atoms with Crippen LogP contribution in [0.4, 0.5) is 0 Å². The molecule has 2 heterocycles. The topological polar surface area (TPSA) is 51.0 Å². The minimum Gasteiger partial charge on any atom is -0.339 e. The lowest BCUT2D eigenvalue weighted by Gasteiger charge is -2.20. The second kappa shape index (κ2) is 7.07. The van der Waals surface area contributed by atoms with Crippen molar-refractivity contribution in [1.29, 1.82) is 0 Å². The van der Waals surface area contributed by atoms with E-state index in [9.17, 15) is 0 Å². The summed E-state index contributed by atoms with van der Waals surface area (Å²) in [6.07, 6.45) is 3.20. The fourth-order valence-electron chi connectivity index (χ4n) is 2.42. The van der Waals surface area contributed by atoms with Gasteiger partial charge in [-0.3, -0.25) is 0 Å². The van der Waals surface area contributed by atoms with Gasteiger partial charge in [-0.25, -0.2) is 0 Å². The number of benzene rings is 1. The second-order valence-corrected chi connectivity index (χ2v) is 5.30. The highest BCUT2D eigenvalue weighted by Gasteiger charge is 2.18. The molecule has 1 aromatic heterocycles. The van der Waals surface area contributed by atoms with Crippen LogP contribution in [-0.2, 0) is 6.42 Å². The largest absolute Gasteiger partial charge is 0.339 e. The molecule has 0 aliphatic carbocycles. The van der Waals surface area contributed by atoms with Crippen LogP contribution in [0, 0.1) is 5.92 Å². The van der Waals surface area contributed by atoms with Crippen molar-refractivity contribution in [2.45, 2.75) is 19.3 Å². The minimum atomic E-state index is 0. The van der Waals surface area contributed by atoms with Crippen LogP contribution in [0.3, 0.4) is 0 Å². The van der Waals surface area contributed by atoms with Gasteiger partial charge < -0.3 is 9.84 Å². The lowest BCUT2D eigenvalue weighted by Crippen LogP contribution is -2.28. The molecular weight excluding hydrogens is 297 g/mol. The average molecular weight is 314 g/mol. The molecule has 0 spiro atoms. The summed E-state index contributed by atoms with van der Waals surface area (Å²) in [5.41, 5.74) is 0.824. The van der Waals surface area contributed by atoms with E-state index in [1.54, 1.807) is 0 Å². The summed E-state index contributed by atoms with van der Waals surface area (Å²) < 4.78 is 5.34. The SMILES string of the molecule is Cl.Clc1ccccc1-c1noc(CC2CCNCC2)n1. The van der Waals surface area contributed by atoms with Crippen LogP contribution in [0.25, 0.3) is 11.4 Å². The van der Waals surface area contributed by atoms with E-state index in [1.165, 1.54) is 12.8 Å². The van der Waals surface area contributed by atoms with Crippen LogP contribution in [0.15, 0.2) is 28.8 Å². The van der Waals surface area contributed by atoms with Crippen LogP contribution < -0.4 is 5.32 Å². The zero-order valence-electron chi connectivity index (χ0n) is 11.0. The third-order valence-electron chi connectivity index (χ3n) is 3.50. The highest BCUT2D eigenvalue weighted by Crippen LogP contribution is 2.26. The predicted octanol–water partition coefficient (Wildman–Crippen LogP) is 3.35. The van der Waals surface area contributed by atoms with E-state index in [1.807, 2.05) is 24.3 Å². The number of hydrogen-bond donors (Lipinski definition) is 1. The van der Waals surface area contributed by atoms with Gasteiger partial charge >= 0.3 is 0 Å². The summed E-state index contributed by atoms with van der Waals surface area (Å²) in [6, 6.07) is 7.55. The van der Waals surface area contributed by atoms with Gasteiger partial charge in [0.05, 0.1) is 5.02 Å². The molecule has 2 aromatic rings. The van der Waals surface area contributed by atoms with Crippen LogP contribution >= 0.6 is 24.0 Å². The third kappa shape index (κ3) is 3.51. The van der Waals surface area contributed by atoms with Crippen molar-refractivity contribution in [3.8, 4) is 11.4 Å². The number of nitrogens with zero attached hydrogens (tertiary/aromatic N) is 2. The van der Waals surface area contributed by atoms with Gasteiger partial charge in [0, 0.05) is 12.0 Å². The number of halogens is 2. The molecule has 1 fully saturated rings. The molecule has 1 saturated heterocycles. The number of piperidine rings is 1. The molecular formula is C14H17Cl2N3O. The fraction of sp³-hybridized carbons (Fsp3) is 0.429. The van der Waals surface area contributed by atoms with E-state index >= 15 is 0 Å². The molecule has 0 amide bonds. The molecule has 0 bridgehead atoms. The quantitative estimate of drug-likeness (QED) is 0.944. The summed E-state index contributed by atoms with van der Waals surface area (Å²) in [7, 11) is 0. The molecule has 0 unspecified atom stereocenters. The van der Waals surface area contributed by atoms with Crippen molar-refractivity contribution in [2.24, 2.45) is 5.92 Å². The second-order valence-electron chi connectivity index (χ2n) is 4.89. The number of nitrogens with one attached hydrogen (secondary N) is 1. The standard InChI is InChI=1S/C14H16ClN3O.ClH/c15-12-4-2-1-3-11(12)14-17-13(19-18-14)9-10-5-7-16-8-6-10;/h1-4,10,16H,5-9H2;1H. The Labute approximate surface area is 129 Å². The Morgan fingerprint density at radius 2 is 2.00 bits per heavy atom. The van der Waals surface area contributed by atoms with Crippen LogP contribution in [0.2, 0.25) is 5.02 Å². The number of aromatic nitrogens is 2. The van der Waals surface area contributed by atoms with Crippen molar-refractivity contribution in [2.75, 3.05) is 13.1 Å². The highest BCUT2D eigenvalue weighted by molar-refractivity contribution is 6.33. The first-order chi connectivity index (χ1) is 9.33. The van der Waals surface area contributed by atoms with Crippen molar-refractivity contribution < 1.29 is 4.52 Å². The highest BCUT2D eigenvalue weighted by atomic mass is 35.5. The third-order valence-corrected chi connectivity index (χ3v) is 3.83. The normalized spacial score (nSPS) is 15.8. The van der Waals surface area contributed by atoms with Gasteiger partial charge in [0.1, 0.15) is 0 Å². The molecule has 0 radical (unpaired) electrons. The van der Waals surface area contributed by atoms with Gasteiger partial charge in [0.2, 0.25) is 11.7 Å². The van der Waals surface area contributed by atoms with E-state index < -0.39 is 0 Å². The van der Waals surface area contributed by atoms with Crippen molar-refractivity contribution in [1.82, 2.24) is 15.5 Å². The van der Waals surface area contributed by atoms with E-state index in [0.29, 0.717) is 22.7 Å². The van der Waals surface area contributed by atoms with E-state index in [4.69, 9.17) is 16.1 Å². The Morgan fingerprint density at radius 1 is 1.25 bits per heavy atom. The van der Waals surface area contributed by atoms with E-state index in [-0.39, 0.29) is 12.4 Å².